The Kier molecular flexibility index (Phi) is 3.55. The van der Waals surface area contributed by atoms with Gasteiger partial charge in [0, 0.05) is 30.4 Å². The van der Waals surface area contributed by atoms with Gasteiger partial charge in [-0.2, -0.15) is 0 Å². The molecule has 3 aromatic rings. The maximum atomic E-state index is 12.5. The van der Waals surface area contributed by atoms with Crippen molar-refractivity contribution in [2.75, 3.05) is 13.1 Å². The van der Waals surface area contributed by atoms with Crippen LogP contribution in [-0.2, 0) is 12.1 Å². The van der Waals surface area contributed by atoms with Gasteiger partial charge >= 0.3 is 0 Å². The highest BCUT2D eigenvalue weighted by Crippen LogP contribution is 2.53. The molecular weight excluding hydrogens is 340 g/mol. The maximum Gasteiger partial charge on any atom is 0.269 e. The summed E-state index contributed by atoms with van der Waals surface area (Å²) in [5.41, 5.74) is 3.00. The lowest BCUT2D eigenvalue weighted by Crippen LogP contribution is -2.44. The van der Waals surface area contributed by atoms with Gasteiger partial charge in [-0.3, -0.25) is 25.0 Å². The molecule has 2 atom stereocenters. The molecule has 6 heteroatoms. The van der Waals surface area contributed by atoms with E-state index in [0.717, 1.165) is 16.8 Å². The van der Waals surface area contributed by atoms with Gasteiger partial charge in [-0.1, -0.05) is 36.4 Å². The number of benzene rings is 1. The van der Waals surface area contributed by atoms with Crippen LogP contribution in [0.3, 0.4) is 0 Å². The molecule has 1 aliphatic carbocycles. The average molecular weight is 358 g/mol. The molecule has 0 amide bonds. The standard InChI is InChI=1S/C21H18N4O2/c26-25(27)21-14-24(12-15-6-2-1-3-7-15)13-18(21)16-8-4-10-22-19(16)20-17(21)9-5-11-23-20/h1-11,18H,12-14H2/t18-,21-/m1/s1. The van der Waals surface area contributed by atoms with Gasteiger partial charge in [0.1, 0.15) is 0 Å². The Morgan fingerprint density at radius 3 is 2.56 bits per heavy atom. The first-order chi connectivity index (χ1) is 13.2. The molecule has 0 radical (unpaired) electrons. The van der Waals surface area contributed by atoms with Crippen LogP contribution in [0.15, 0.2) is 67.0 Å². The predicted octanol–water partition coefficient (Wildman–Crippen LogP) is 3.23. The fraction of sp³-hybridized carbons (Fsp3) is 0.238. The highest BCUT2D eigenvalue weighted by Gasteiger charge is 2.62. The molecular formula is C21H18N4O2. The van der Waals surface area contributed by atoms with E-state index < -0.39 is 5.54 Å². The van der Waals surface area contributed by atoms with E-state index in [1.165, 1.54) is 0 Å². The van der Waals surface area contributed by atoms with Crippen LogP contribution in [0.2, 0.25) is 0 Å². The molecule has 2 aliphatic rings. The molecule has 1 fully saturated rings. The Labute approximate surface area is 156 Å². The van der Waals surface area contributed by atoms with Crippen molar-refractivity contribution >= 4 is 0 Å². The topological polar surface area (TPSA) is 72.2 Å². The van der Waals surface area contributed by atoms with Gasteiger partial charge in [0.2, 0.25) is 0 Å². The molecule has 5 rings (SSSR count). The molecule has 0 unspecified atom stereocenters. The van der Waals surface area contributed by atoms with Crippen LogP contribution >= 0.6 is 0 Å². The summed E-state index contributed by atoms with van der Waals surface area (Å²) in [6.45, 7) is 1.69. The lowest BCUT2D eigenvalue weighted by Gasteiger charge is -2.33. The van der Waals surface area contributed by atoms with Crippen LogP contribution in [0, 0.1) is 10.1 Å². The third-order valence-electron chi connectivity index (χ3n) is 5.77. The molecule has 0 N–H and O–H groups in total. The van der Waals surface area contributed by atoms with Crippen molar-refractivity contribution in [1.29, 1.82) is 0 Å². The van der Waals surface area contributed by atoms with E-state index in [2.05, 4.69) is 27.0 Å². The summed E-state index contributed by atoms with van der Waals surface area (Å²) in [7, 11) is 0. The minimum absolute atomic E-state index is 0.0981. The Balaban J connectivity index is 1.65. The second-order valence-electron chi connectivity index (χ2n) is 7.23. The maximum absolute atomic E-state index is 12.5. The van der Waals surface area contributed by atoms with Crippen molar-refractivity contribution in [2.45, 2.75) is 18.0 Å². The number of hydrogen-bond acceptors (Lipinski definition) is 5. The number of hydrogen-bond donors (Lipinski definition) is 0. The number of fused-ring (bicyclic) bond motifs is 6. The SMILES string of the molecule is O=[N+]([O-])[C@@]12CN(Cc3ccccc3)C[C@@H]1c1cccnc1-c1ncccc12. The van der Waals surface area contributed by atoms with Crippen molar-refractivity contribution in [1.82, 2.24) is 14.9 Å². The van der Waals surface area contributed by atoms with E-state index in [-0.39, 0.29) is 10.8 Å². The smallest absolute Gasteiger partial charge is 0.269 e. The van der Waals surface area contributed by atoms with Crippen molar-refractivity contribution in [3.63, 3.8) is 0 Å². The normalized spacial score (nSPS) is 23.3. The minimum atomic E-state index is -1.19. The number of likely N-dealkylation sites (tertiary alicyclic amines) is 1. The van der Waals surface area contributed by atoms with E-state index in [9.17, 15) is 10.1 Å². The first kappa shape index (κ1) is 16.1. The molecule has 6 nitrogen and oxygen atoms in total. The second kappa shape index (κ2) is 5.96. The molecule has 2 aromatic heterocycles. The molecule has 0 spiro atoms. The van der Waals surface area contributed by atoms with Crippen LogP contribution in [-0.4, -0.2) is 32.9 Å². The largest absolute Gasteiger partial charge is 0.291 e. The fourth-order valence-corrected chi connectivity index (χ4v) is 4.64. The summed E-state index contributed by atoms with van der Waals surface area (Å²) in [6.07, 6.45) is 3.41. The Morgan fingerprint density at radius 2 is 1.78 bits per heavy atom. The molecule has 1 aliphatic heterocycles. The number of nitrogens with zero attached hydrogens (tertiary/aromatic N) is 4. The van der Waals surface area contributed by atoms with Crippen LogP contribution in [0.25, 0.3) is 11.4 Å². The van der Waals surface area contributed by atoms with Crippen molar-refractivity contribution in [3.05, 3.63) is 93.8 Å². The summed E-state index contributed by atoms with van der Waals surface area (Å²) in [5.74, 6) is -0.239. The molecule has 0 saturated carbocycles. The summed E-state index contributed by atoms with van der Waals surface area (Å²) < 4.78 is 0. The summed E-state index contributed by atoms with van der Waals surface area (Å²) in [5, 5.41) is 12.5. The lowest BCUT2D eigenvalue weighted by atomic mass is 9.71. The van der Waals surface area contributed by atoms with Gasteiger partial charge in [0.15, 0.2) is 0 Å². The fourth-order valence-electron chi connectivity index (χ4n) is 4.64. The zero-order valence-electron chi connectivity index (χ0n) is 14.7. The predicted molar refractivity (Wildman–Crippen MR) is 101 cm³/mol. The molecule has 27 heavy (non-hydrogen) atoms. The third kappa shape index (κ3) is 2.30. The van der Waals surface area contributed by atoms with Gasteiger partial charge in [0.05, 0.1) is 29.4 Å². The zero-order valence-corrected chi connectivity index (χ0v) is 14.7. The first-order valence-electron chi connectivity index (χ1n) is 9.02. The van der Waals surface area contributed by atoms with Crippen LogP contribution in [0.1, 0.15) is 22.6 Å². The Hall–Kier alpha value is -3.12. The van der Waals surface area contributed by atoms with Crippen molar-refractivity contribution in [2.24, 2.45) is 0 Å². The Bertz CT molecular complexity index is 1020. The monoisotopic (exact) mass is 358 g/mol. The number of nitro groups is 1. The van der Waals surface area contributed by atoms with Crippen molar-refractivity contribution < 1.29 is 4.92 Å². The van der Waals surface area contributed by atoms with E-state index in [4.69, 9.17) is 0 Å². The molecule has 3 heterocycles. The average Bonchev–Trinajstić information content (AvgIpc) is 3.10. The lowest BCUT2D eigenvalue weighted by molar-refractivity contribution is -0.578. The van der Waals surface area contributed by atoms with Crippen LogP contribution in [0.4, 0.5) is 0 Å². The van der Waals surface area contributed by atoms with Gasteiger partial charge in [0.25, 0.3) is 5.54 Å². The van der Waals surface area contributed by atoms with E-state index in [1.54, 1.807) is 18.5 Å². The number of aromatic nitrogens is 2. The van der Waals surface area contributed by atoms with Gasteiger partial charge in [-0.25, -0.2) is 0 Å². The Morgan fingerprint density at radius 1 is 1.04 bits per heavy atom. The third-order valence-corrected chi connectivity index (χ3v) is 5.77. The van der Waals surface area contributed by atoms with Gasteiger partial charge in [-0.15, -0.1) is 0 Å². The number of pyridine rings is 2. The molecule has 134 valence electrons. The second-order valence-corrected chi connectivity index (χ2v) is 7.23. The zero-order chi connectivity index (χ0) is 18.4. The van der Waals surface area contributed by atoms with E-state index in [0.29, 0.717) is 30.9 Å². The van der Waals surface area contributed by atoms with Crippen LogP contribution < -0.4 is 0 Å². The minimum Gasteiger partial charge on any atom is -0.291 e. The molecule has 1 saturated heterocycles. The number of rotatable bonds is 3. The quantitative estimate of drug-likeness (QED) is 0.531. The molecule has 1 aromatic carbocycles. The van der Waals surface area contributed by atoms with Crippen LogP contribution in [0.5, 0.6) is 0 Å². The first-order valence-corrected chi connectivity index (χ1v) is 9.02. The summed E-state index contributed by atoms with van der Waals surface area (Å²) in [4.78, 5) is 23.5. The van der Waals surface area contributed by atoms with Crippen molar-refractivity contribution in [3.8, 4) is 11.4 Å². The van der Waals surface area contributed by atoms with E-state index >= 15 is 0 Å². The highest BCUT2D eigenvalue weighted by molar-refractivity contribution is 5.69. The summed E-state index contributed by atoms with van der Waals surface area (Å²) >= 11 is 0. The highest BCUT2D eigenvalue weighted by atomic mass is 16.6. The molecule has 0 bridgehead atoms. The summed E-state index contributed by atoms with van der Waals surface area (Å²) in [6, 6.07) is 17.6. The van der Waals surface area contributed by atoms with Gasteiger partial charge in [-0.05, 0) is 29.3 Å². The van der Waals surface area contributed by atoms with Gasteiger partial charge < -0.3 is 0 Å². The van der Waals surface area contributed by atoms with E-state index in [1.807, 2.05) is 36.4 Å².